The maximum absolute atomic E-state index is 13.1. The topological polar surface area (TPSA) is 43.6 Å². The lowest BCUT2D eigenvalue weighted by molar-refractivity contribution is 0.629. The molecule has 20 heavy (non-hydrogen) atoms. The zero-order valence-corrected chi connectivity index (χ0v) is 10.4. The molecule has 4 rings (SSSR count). The van der Waals surface area contributed by atoms with E-state index in [-0.39, 0.29) is 5.82 Å². The average Bonchev–Trinajstić information content (AvgIpc) is 2.91. The van der Waals surface area contributed by atoms with E-state index in [0.717, 1.165) is 10.9 Å². The average molecular weight is 264 g/mol. The van der Waals surface area contributed by atoms with Crippen molar-refractivity contribution in [3.63, 3.8) is 0 Å². The summed E-state index contributed by atoms with van der Waals surface area (Å²) in [5.74, 6) is 0.261. The molecule has 4 nitrogen and oxygen atoms in total. The van der Waals surface area contributed by atoms with Crippen LogP contribution in [0.5, 0.6) is 0 Å². The molecule has 0 atom stereocenters. The Hall–Kier alpha value is -2.82. The van der Waals surface area contributed by atoms with Gasteiger partial charge in [-0.1, -0.05) is 0 Å². The van der Waals surface area contributed by atoms with Gasteiger partial charge in [0.05, 0.1) is 17.2 Å². The van der Waals surface area contributed by atoms with Gasteiger partial charge < -0.3 is 0 Å². The highest BCUT2D eigenvalue weighted by atomic mass is 19.1. The van der Waals surface area contributed by atoms with Crippen LogP contribution in [0.2, 0.25) is 0 Å². The minimum absolute atomic E-state index is 0.288. The van der Waals surface area contributed by atoms with Crippen LogP contribution in [0.4, 0.5) is 4.39 Å². The van der Waals surface area contributed by atoms with Gasteiger partial charge in [-0.2, -0.15) is 0 Å². The third-order valence-electron chi connectivity index (χ3n) is 3.24. The summed E-state index contributed by atoms with van der Waals surface area (Å²) in [4.78, 5) is 12.9. The third kappa shape index (κ3) is 1.64. The monoisotopic (exact) mass is 264 g/mol. The molecule has 0 N–H and O–H groups in total. The van der Waals surface area contributed by atoms with Crippen LogP contribution in [0, 0.1) is 5.82 Å². The van der Waals surface area contributed by atoms with Crippen LogP contribution in [0.15, 0.2) is 55.1 Å². The molecule has 0 fully saturated rings. The second-order valence-corrected chi connectivity index (χ2v) is 4.49. The summed E-state index contributed by atoms with van der Waals surface area (Å²) in [6.45, 7) is 0. The number of hydrogen-bond acceptors (Lipinski definition) is 3. The number of hydrogen-bond donors (Lipinski definition) is 0. The van der Waals surface area contributed by atoms with Crippen LogP contribution < -0.4 is 0 Å². The molecule has 0 saturated carbocycles. The number of nitrogens with zero attached hydrogens (tertiary/aromatic N) is 4. The maximum Gasteiger partial charge on any atom is 0.234 e. The Balaban J connectivity index is 1.96. The van der Waals surface area contributed by atoms with Gasteiger partial charge in [0.25, 0.3) is 0 Å². The molecule has 0 amide bonds. The van der Waals surface area contributed by atoms with E-state index in [1.807, 2.05) is 22.9 Å². The molecule has 0 saturated heterocycles. The summed E-state index contributed by atoms with van der Waals surface area (Å²) >= 11 is 0. The Bertz CT molecular complexity index is 929. The number of halogens is 1. The van der Waals surface area contributed by atoms with E-state index < -0.39 is 0 Å². The van der Waals surface area contributed by atoms with Crippen molar-refractivity contribution in [1.82, 2.24) is 19.5 Å². The second kappa shape index (κ2) is 4.09. The van der Waals surface area contributed by atoms with Crippen molar-refractivity contribution in [3.8, 4) is 5.95 Å². The van der Waals surface area contributed by atoms with Gasteiger partial charge in [0, 0.05) is 29.4 Å². The van der Waals surface area contributed by atoms with E-state index >= 15 is 0 Å². The zero-order valence-electron chi connectivity index (χ0n) is 10.4. The zero-order chi connectivity index (χ0) is 13.5. The number of fused-ring (bicyclic) bond motifs is 2. The molecule has 4 aromatic rings. The fraction of sp³-hybridized carbons (Fsp3) is 0. The first-order valence-electron chi connectivity index (χ1n) is 6.15. The summed E-state index contributed by atoms with van der Waals surface area (Å²) in [6.07, 6.45) is 7.05. The quantitative estimate of drug-likeness (QED) is 0.530. The van der Waals surface area contributed by atoms with Crippen LogP contribution in [0.1, 0.15) is 0 Å². The lowest BCUT2D eigenvalue weighted by atomic mass is 10.2. The van der Waals surface area contributed by atoms with Gasteiger partial charge in [0.15, 0.2) is 0 Å². The molecule has 0 aliphatic heterocycles. The molecule has 96 valence electrons. The lowest BCUT2D eigenvalue weighted by Crippen LogP contribution is -1.99. The predicted octanol–water partition coefficient (Wildman–Crippen LogP) is 3.11. The van der Waals surface area contributed by atoms with E-state index in [1.54, 1.807) is 24.7 Å². The fourth-order valence-corrected chi connectivity index (χ4v) is 2.26. The van der Waals surface area contributed by atoms with E-state index in [1.165, 1.54) is 12.1 Å². The maximum atomic E-state index is 13.1. The van der Waals surface area contributed by atoms with Gasteiger partial charge in [-0.3, -0.25) is 9.55 Å². The highest BCUT2D eigenvalue weighted by Crippen LogP contribution is 2.19. The molecule has 3 aromatic heterocycles. The van der Waals surface area contributed by atoms with E-state index in [4.69, 9.17) is 0 Å². The molecule has 0 spiro atoms. The summed E-state index contributed by atoms with van der Waals surface area (Å²) in [6, 6.07) is 8.39. The smallest absolute Gasteiger partial charge is 0.234 e. The van der Waals surface area contributed by atoms with Gasteiger partial charge in [-0.05, 0) is 30.3 Å². The Morgan fingerprint density at radius 3 is 2.90 bits per heavy atom. The summed E-state index contributed by atoms with van der Waals surface area (Å²) in [5, 5.41) is 1.76. The van der Waals surface area contributed by atoms with Gasteiger partial charge in [-0.25, -0.2) is 14.4 Å². The van der Waals surface area contributed by atoms with Crippen molar-refractivity contribution in [2.75, 3.05) is 0 Å². The van der Waals surface area contributed by atoms with Gasteiger partial charge in [0.1, 0.15) is 5.82 Å². The largest absolute Gasteiger partial charge is 0.284 e. The highest BCUT2D eigenvalue weighted by Gasteiger charge is 2.07. The summed E-state index contributed by atoms with van der Waals surface area (Å²) in [7, 11) is 0. The molecule has 3 heterocycles. The lowest BCUT2D eigenvalue weighted by Gasteiger charge is -2.04. The number of pyridine rings is 1. The second-order valence-electron chi connectivity index (χ2n) is 4.49. The molecular formula is C15H9FN4. The third-order valence-corrected chi connectivity index (χ3v) is 3.24. The predicted molar refractivity (Wildman–Crippen MR) is 74.1 cm³/mol. The Morgan fingerprint density at radius 1 is 1.00 bits per heavy atom. The number of rotatable bonds is 1. The standard InChI is InChI=1S/C15H9FN4/c16-12-1-2-13-11(7-12)8-18-15(19-13)20-6-4-10-3-5-17-9-14(10)20/h1-9H. The van der Waals surface area contributed by atoms with Crippen LogP contribution in [0.25, 0.3) is 27.8 Å². The number of benzene rings is 1. The molecule has 0 bridgehead atoms. The van der Waals surface area contributed by atoms with Gasteiger partial charge >= 0.3 is 0 Å². The van der Waals surface area contributed by atoms with Gasteiger partial charge in [-0.15, -0.1) is 0 Å². The molecule has 0 unspecified atom stereocenters. The molecular weight excluding hydrogens is 255 g/mol. The Labute approximate surface area is 113 Å². The van der Waals surface area contributed by atoms with Crippen molar-refractivity contribution in [2.45, 2.75) is 0 Å². The molecule has 0 aliphatic carbocycles. The fourth-order valence-electron chi connectivity index (χ4n) is 2.26. The van der Waals surface area contributed by atoms with Crippen molar-refractivity contribution in [1.29, 1.82) is 0 Å². The normalized spacial score (nSPS) is 11.2. The minimum Gasteiger partial charge on any atom is -0.284 e. The van der Waals surface area contributed by atoms with Crippen LogP contribution in [0.3, 0.4) is 0 Å². The molecule has 1 aromatic carbocycles. The van der Waals surface area contributed by atoms with Crippen LogP contribution in [-0.2, 0) is 0 Å². The first kappa shape index (κ1) is 11.0. The molecule has 0 aliphatic rings. The summed E-state index contributed by atoms with van der Waals surface area (Å²) in [5.41, 5.74) is 1.65. The minimum atomic E-state index is -0.288. The molecule has 5 heteroatoms. The SMILES string of the molecule is Fc1ccc2nc(-n3ccc4ccncc43)ncc2c1. The van der Waals surface area contributed by atoms with E-state index in [0.29, 0.717) is 16.9 Å². The van der Waals surface area contributed by atoms with Crippen molar-refractivity contribution in [3.05, 3.63) is 60.9 Å². The first-order chi connectivity index (χ1) is 9.81. The Morgan fingerprint density at radius 2 is 1.95 bits per heavy atom. The number of aromatic nitrogens is 4. The first-order valence-corrected chi connectivity index (χ1v) is 6.15. The van der Waals surface area contributed by atoms with Gasteiger partial charge in [0.2, 0.25) is 5.95 Å². The van der Waals surface area contributed by atoms with E-state index in [2.05, 4.69) is 15.0 Å². The Kier molecular flexibility index (Phi) is 2.26. The summed E-state index contributed by atoms with van der Waals surface area (Å²) < 4.78 is 15.0. The molecule has 0 radical (unpaired) electrons. The van der Waals surface area contributed by atoms with Crippen molar-refractivity contribution >= 4 is 21.8 Å². The van der Waals surface area contributed by atoms with Crippen LogP contribution in [-0.4, -0.2) is 19.5 Å². The highest BCUT2D eigenvalue weighted by molar-refractivity contribution is 5.81. The van der Waals surface area contributed by atoms with Crippen molar-refractivity contribution < 1.29 is 4.39 Å². The van der Waals surface area contributed by atoms with Crippen molar-refractivity contribution in [2.24, 2.45) is 0 Å². The van der Waals surface area contributed by atoms with E-state index in [9.17, 15) is 4.39 Å². The van der Waals surface area contributed by atoms with Crippen LogP contribution >= 0.6 is 0 Å².